The number of aromatic nitrogens is 1. The lowest BCUT2D eigenvalue weighted by Gasteiger charge is -2.36. The molecule has 1 aromatic heterocycles. The van der Waals surface area contributed by atoms with Gasteiger partial charge in [0.05, 0.1) is 0 Å². The summed E-state index contributed by atoms with van der Waals surface area (Å²) in [5, 5.41) is 7.01. The molecule has 2 fully saturated rings. The molecule has 1 aliphatic carbocycles. The Kier molecular flexibility index (Phi) is 9.37. The van der Waals surface area contributed by atoms with Crippen molar-refractivity contribution in [1.82, 2.24) is 15.6 Å². The van der Waals surface area contributed by atoms with E-state index < -0.39 is 0 Å². The number of aliphatic imine (C=N–C) groups is 1. The minimum absolute atomic E-state index is 0. The second-order valence-corrected chi connectivity index (χ2v) is 8.38. The highest BCUT2D eigenvalue weighted by Crippen LogP contribution is 2.20. The number of benzene rings is 1. The zero-order valence-electron chi connectivity index (χ0n) is 18.8. The normalized spacial score (nSPS) is 17.6. The van der Waals surface area contributed by atoms with Crippen LogP contribution in [0, 0.1) is 5.82 Å². The number of nitrogens with one attached hydrogen (secondary N) is 2. The highest BCUT2D eigenvalue weighted by atomic mass is 127. The molecule has 4 rings (SSSR count). The maximum Gasteiger partial charge on any atom is 0.191 e. The fourth-order valence-corrected chi connectivity index (χ4v) is 4.41. The minimum atomic E-state index is -0.192. The lowest BCUT2D eigenvalue weighted by Crippen LogP contribution is -2.47. The van der Waals surface area contributed by atoms with Crippen LogP contribution >= 0.6 is 24.0 Å². The number of nitrogens with zero attached hydrogens (tertiary/aromatic N) is 4. The van der Waals surface area contributed by atoms with Crippen molar-refractivity contribution in [3.05, 3.63) is 54.0 Å². The highest BCUT2D eigenvalue weighted by molar-refractivity contribution is 14.0. The monoisotopic (exact) mass is 552 g/mol. The van der Waals surface area contributed by atoms with E-state index in [2.05, 4.69) is 42.5 Å². The van der Waals surface area contributed by atoms with Gasteiger partial charge >= 0.3 is 0 Å². The number of piperazine rings is 1. The summed E-state index contributed by atoms with van der Waals surface area (Å²) < 4.78 is 13.2. The van der Waals surface area contributed by atoms with E-state index in [0.717, 1.165) is 50.2 Å². The van der Waals surface area contributed by atoms with Crippen LogP contribution in [0.5, 0.6) is 0 Å². The Balaban J connectivity index is 0.00000289. The van der Waals surface area contributed by atoms with E-state index in [0.29, 0.717) is 6.04 Å². The van der Waals surface area contributed by atoms with E-state index in [4.69, 9.17) is 0 Å². The minimum Gasteiger partial charge on any atom is -0.368 e. The fourth-order valence-electron chi connectivity index (χ4n) is 4.41. The maximum atomic E-state index is 13.2. The van der Waals surface area contributed by atoms with Crippen molar-refractivity contribution in [3.63, 3.8) is 0 Å². The Morgan fingerprint density at radius 1 is 1.03 bits per heavy atom. The molecule has 174 valence electrons. The molecule has 2 aliphatic rings. The quantitative estimate of drug-likeness (QED) is 0.332. The summed E-state index contributed by atoms with van der Waals surface area (Å²) in [7, 11) is 1.83. The molecular weight excluding hydrogens is 518 g/mol. The van der Waals surface area contributed by atoms with Crippen molar-refractivity contribution in [2.24, 2.45) is 4.99 Å². The van der Waals surface area contributed by atoms with E-state index in [1.165, 1.54) is 49.8 Å². The number of hydrogen-bond donors (Lipinski definition) is 2. The van der Waals surface area contributed by atoms with Crippen molar-refractivity contribution in [2.45, 2.75) is 44.7 Å². The number of rotatable bonds is 5. The van der Waals surface area contributed by atoms with Crippen molar-refractivity contribution in [2.75, 3.05) is 43.0 Å². The summed E-state index contributed by atoms with van der Waals surface area (Å²) >= 11 is 0. The molecule has 2 heterocycles. The van der Waals surface area contributed by atoms with Crippen LogP contribution < -0.4 is 20.4 Å². The predicted molar refractivity (Wildman–Crippen MR) is 141 cm³/mol. The van der Waals surface area contributed by atoms with E-state index in [1.807, 2.05) is 25.4 Å². The second kappa shape index (κ2) is 12.2. The van der Waals surface area contributed by atoms with Gasteiger partial charge in [-0.25, -0.2) is 9.37 Å². The number of anilines is 2. The highest BCUT2D eigenvalue weighted by Gasteiger charge is 2.19. The molecule has 1 aliphatic heterocycles. The first-order valence-electron chi connectivity index (χ1n) is 11.4. The van der Waals surface area contributed by atoms with Crippen molar-refractivity contribution >= 4 is 41.4 Å². The van der Waals surface area contributed by atoms with Gasteiger partial charge in [0.2, 0.25) is 0 Å². The Hall–Kier alpha value is -2.10. The summed E-state index contributed by atoms with van der Waals surface area (Å²) in [6.45, 7) is 4.30. The van der Waals surface area contributed by atoms with E-state index in [-0.39, 0.29) is 29.8 Å². The molecule has 0 atom stereocenters. The van der Waals surface area contributed by atoms with Gasteiger partial charge < -0.3 is 20.4 Å². The third-order valence-electron chi connectivity index (χ3n) is 6.23. The summed E-state index contributed by atoms with van der Waals surface area (Å²) in [5.41, 5.74) is 2.27. The van der Waals surface area contributed by atoms with Gasteiger partial charge in [-0.3, -0.25) is 4.99 Å². The number of hydrogen-bond acceptors (Lipinski definition) is 4. The molecule has 6 nitrogen and oxygen atoms in total. The molecule has 0 bridgehead atoms. The van der Waals surface area contributed by atoms with Crippen LogP contribution in [0.25, 0.3) is 0 Å². The van der Waals surface area contributed by atoms with Gasteiger partial charge in [0.15, 0.2) is 5.96 Å². The number of guanidine groups is 1. The lowest BCUT2D eigenvalue weighted by molar-refractivity contribution is 0.410. The van der Waals surface area contributed by atoms with Gasteiger partial charge in [0.25, 0.3) is 0 Å². The van der Waals surface area contributed by atoms with Crippen LogP contribution in [-0.2, 0) is 6.54 Å². The van der Waals surface area contributed by atoms with Crippen molar-refractivity contribution in [1.29, 1.82) is 0 Å². The van der Waals surface area contributed by atoms with Gasteiger partial charge in [-0.2, -0.15) is 0 Å². The van der Waals surface area contributed by atoms with Gasteiger partial charge in [-0.1, -0.05) is 19.3 Å². The van der Waals surface area contributed by atoms with Gasteiger partial charge in [0.1, 0.15) is 11.6 Å². The molecule has 1 saturated carbocycles. The molecule has 1 saturated heterocycles. The molecule has 2 N–H and O–H groups in total. The SMILES string of the molecule is CN=C(NCc1ccnc(N2CCN(c3ccc(F)cc3)CC2)c1)NC1CCCCC1.I. The Labute approximate surface area is 207 Å². The summed E-state index contributed by atoms with van der Waals surface area (Å²) in [4.78, 5) is 13.6. The maximum absolute atomic E-state index is 13.2. The second-order valence-electron chi connectivity index (χ2n) is 8.38. The molecule has 0 amide bonds. The average molecular weight is 552 g/mol. The third-order valence-corrected chi connectivity index (χ3v) is 6.23. The van der Waals surface area contributed by atoms with Crippen molar-refractivity contribution in [3.8, 4) is 0 Å². The van der Waals surface area contributed by atoms with E-state index in [9.17, 15) is 4.39 Å². The van der Waals surface area contributed by atoms with Gasteiger partial charge in [0, 0.05) is 57.7 Å². The number of halogens is 2. The first kappa shape index (κ1) is 24.5. The van der Waals surface area contributed by atoms with E-state index in [1.54, 1.807) is 0 Å². The molecule has 1 aromatic carbocycles. The Morgan fingerprint density at radius 2 is 1.72 bits per heavy atom. The van der Waals surface area contributed by atoms with Crippen LogP contribution in [0.3, 0.4) is 0 Å². The zero-order chi connectivity index (χ0) is 21.5. The molecule has 2 aromatic rings. The molecule has 0 radical (unpaired) electrons. The van der Waals surface area contributed by atoms with E-state index >= 15 is 0 Å². The smallest absolute Gasteiger partial charge is 0.191 e. The summed E-state index contributed by atoms with van der Waals surface area (Å²) in [5.74, 6) is 1.69. The molecule has 8 heteroatoms. The van der Waals surface area contributed by atoms with Crippen LogP contribution in [0.1, 0.15) is 37.7 Å². The lowest BCUT2D eigenvalue weighted by atomic mass is 9.96. The topological polar surface area (TPSA) is 55.8 Å². The fraction of sp³-hybridized carbons (Fsp3) is 0.500. The first-order chi connectivity index (χ1) is 15.2. The third kappa shape index (κ3) is 6.70. The Bertz CT molecular complexity index is 861. The van der Waals surface area contributed by atoms with Crippen LogP contribution in [0.2, 0.25) is 0 Å². The van der Waals surface area contributed by atoms with Crippen molar-refractivity contribution < 1.29 is 4.39 Å². The zero-order valence-corrected chi connectivity index (χ0v) is 21.1. The van der Waals surface area contributed by atoms with Crippen LogP contribution in [0.4, 0.5) is 15.9 Å². The largest absolute Gasteiger partial charge is 0.368 e. The standard InChI is InChI=1S/C24H33FN6.HI/c1-26-24(29-21-5-3-2-4-6-21)28-18-19-11-12-27-23(17-19)31-15-13-30(14-16-31)22-9-7-20(25)8-10-22;/h7-12,17,21H,2-6,13-16,18H2,1H3,(H2,26,28,29);1H. The Morgan fingerprint density at radius 3 is 2.41 bits per heavy atom. The first-order valence-corrected chi connectivity index (χ1v) is 11.4. The van der Waals surface area contributed by atoms with Crippen LogP contribution in [0.15, 0.2) is 47.6 Å². The summed E-state index contributed by atoms with van der Waals surface area (Å²) in [6, 6.07) is 11.5. The molecule has 0 unspecified atom stereocenters. The predicted octanol–water partition coefficient (Wildman–Crippen LogP) is 4.16. The van der Waals surface area contributed by atoms with Crippen LogP contribution in [-0.4, -0.2) is 50.2 Å². The van der Waals surface area contributed by atoms with Gasteiger partial charge in [-0.05, 0) is 54.8 Å². The molecular formula is C24H34FIN6. The average Bonchev–Trinajstić information content (AvgIpc) is 2.83. The summed E-state index contributed by atoms with van der Waals surface area (Å²) in [6.07, 6.45) is 8.29. The molecule has 0 spiro atoms. The van der Waals surface area contributed by atoms with Gasteiger partial charge in [-0.15, -0.1) is 24.0 Å². The number of pyridine rings is 1. The molecule has 32 heavy (non-hydrogen) atoms.